The Balaban J connectivity index is 2.84. The lowest BCUT2D eigenvalue weighted by molar-refractivity contribution is -0.140. The molecule has 4 nitrogen and oxygen atoms in total. The summed E-state index contributed by atoms with van der Waals surface area (Å²) in [5.41, 5.74) is 0. The van der Waals surface area contributed by atoms with E-state index in [2.05, 4.69) is 0 Å². The Morgan fingerprint density at radius 3 is 2.85 bits per heavy atom. The molecule has 1 aromatic heterocycles. The van der Waals surface area contributed by atoms with Gasteiger partial charge in [0.05, 0.1) is 12.3 Å². The molecule has 0 aliphatic heterocycles. The summed E-state index contributed by atoms with van der Waals surface area (Å²) in [6.45, 7) is 1.65. The van der Waals surface area contributed by atoms with Crippen LogP contribution in [0.4, 0.5) is 0 Å². The molecule has 1 aromatic rings. The van der Waals surface area contributed by atoms with Crippen LogP contribution >= 0.6 is 0 Å². The van der Waals surface area contributed by atoms with Gasteiger partial charge >= 0.3 is 5.97 Å². The molecule has 0 bridgehead atoms. The number of carboxylic acid groups (broad SMARTS) is 1. The van der Waals surface area contributed by atoms with Crippen molar-refractivity contribution >= 4 is 5.97 Å². The van der Waals surface area contributed by atoms with Gasteiger partial charge in [-0.25, -0.2) is 0 Å². The van der Waals surface area contributed by atoms with Gasteiger partial charge in [-0.15, -0.1) is 0 Å². The van der Waals surface area contributed by atoms with Crippen molar-refractivity contribution in [2.75, 3.05) is 0 Å². The first-order valence-corrected chi connectivity index (χ1v) is 3.82. The smallest absolute Gasteiger partial charge is 0.321 e. The molecule has 0 fully saturated rings. The van der Waals surface area contributed by atoms with Crippen LogP contribution in [0.5, 0.6) is 0 Å². The highest BCUT2D eigenvalue weighted by molar-refractivity contribution is 5.74. The lowest BCUT2D eigenvalue weighted by atomic mass is 9.93. The Bertz CT molecular complexity index is 323. The van der Waals surface area contributed by atoms with Gasteiger partial charge < -0.3 is 9.52 Å². The summed E-state index contributed by atoms with van der Waals surface area (Å²) in [5, 5.41) is 17.3. The third-order valence-electron chi connectivity index (χ3n) is 1.90. The lowest BCUT2D eigenvalue weighted by Crippen LogP contribution is -2.17. The summed E-state index contributed by atoms with van der Waals surface area (Å²) in [5.74, 6) is -2.07. The maximum absolute atomic E-state index is 10.6. The van der Waals surface area contributed by atoms with Crippen molar-refractivity contribution in [3.05, 3.63) is 24.2 Å². The molecule has 0 saturated carbocycles. The number of rotatable bonds is 3. The Hall–Kier alpha value is -1.76. The van der Waals surface area contributed by atoms with Crippen molar-refractivity contribution in [2.45, 2.75) is 12.8 Å². The average Bonchev–Trinajstić information content (AvgIpc) is 2.56. The molecule has 1 heterocycles. The van der Waals surface area contributed by atoms with Crippen LogP contribution in [0.25, 0.3) is 0 Å². The second kappa shape index (κ2) is 3.76. The highest BCUT2D eigenvalue weighted by Gasteiger charge is 2.27. The standard InChI is InChI=1S/C9H9NO3/c1-6(7(5-10)9(11)12)8-3-2-4-13-8/h2-4,6-7H,1H3,(H,11,12). The third-order valence-corrected chi connectivity index (χ3v) is 1.90. The number of hydrogen-bond acceptors (Lipinski definition) is 3. The minimum Gasteiger partial charge on any atom is -0.480 e. The molecule has 0 aliphatic rings. The molecule has 0 saturated heterocycles. The quantitative estimate of drug-likeness (QED) is 0.764. The molecule has 68 valence electrons. The second-order valence-electron chi connectivity index (χ2n) is 2.75. The topological polar surface area (TPSA) is 74.2 Å². The van der Waals surface area contributed by atoms with E-state index in [1.807, 2.05) is 0 Å². The first-order chi connectivity index (χ1) is 6.16. The van der Waals surface area contributed by atoms with E-state index in [4.69, 9.17) is 14.8 Å². The summed E-state index contributed by atoms with van der Waals surface area (Å²) < 4.78 is 5.01. The maximum Gasteiger partial charge on any atom is 0.321 e. The normalized spacial score (nSPS) is 14.5. The monoisotopic (exact) mass is 179 g/mol. The third kappa shape index (κ3) is 1.88. The largest absolute Gasteiger partial charge is 0.480 e. The molecule has 2 unspecified atom stereocenters. The summed E-state index contributed by atoms with van der Waals surface area (Å²) >= 11 is 0. The summed E-state index contributed by atoms with van der Waals surface area (Å²) in [7, 11) is 0. The van der Waals surface area contributed by atoms with E-state index in [0.29, 0.717) is 5.76 Å². The van der Waals surface area contributed by atoms with Crippen molar-refractivity contribution in [1.82, 2.24) is 0 Å². The highest BCUT2D eigenvalue weighted by Crippen LogP contribution is 2.24. The van der Waals surface area contributed by atoms with Crippen LogP contribution in [0.1, 0.15) is 18.6 Å². The average molecular weight is 179 g/mol. The van der Waals surface area contributed by atoms with Gasteiger partial charge in [-0.2, -0.15) is 5.26 Å². The minimum absolute atomic E-state index is 0.419. The number of furan rings is 1. The summed E-state index contributed by atoms with van der Waals surface area (Å²) in [4.78, 5) is 10.6. The molecule has 13 heavy (non-hydrogen) atoms. The van der Waals surface area contributed by atoms with Crippen LogP contribution in [0.15, 0.2) is 22.8 Å². The number of carboxylic acids is 1. The molecule has 1 N–H and O–H groups in total. The number of hydrogen-bond donors (Lipinski definition) is 1. The molecular weight excluding hydrogens is 170 g/mol. The molecule has 0 aliphatic carbocycles. The van der Waals surface area contributed by atoms with Crippen molar-refractivity contribution in [2.24, 2.45) is 5.92 Å². The Labute approximate surface area is 75.4 Å². The van der Waals surface area contributed by atoms with Crippen LogP contribution in [-0.4, -0.2) is 11.1 Å². The van der Waals surface area contributed by atoms with Gasteiger partial charge in [0.15, 0.2) is 5.92 Å². The molecular formula is C9H9NO3. The van der Waals surface area contributed by atoms with E-state index in [-0.39, 0.29) is 0 Å². The van der Waals surface area contributed by atoms with E-state index in [1.165, 1.54) is 6.26 Å². The van der Waals surface area contributed by atoms with Crippen LogP contribution < -0.4 is 0 Å². The SMILES string of the molecule is CC(c1ccco1)C(C#N)C(=O)O. The Morgan fingerprint density at radius 1 is 1.77 bits per heavy atom. The number of carbonyl (C=O) groups is 1. The van der Waals surface area contributed by atoms with Crippen LogP contribution in [0, 0.1) is 17.2 Å². The summed E-state index contributed by atoms with van der Waals surface area (Å²) in [6, 6.07) is 5.06. The van der Waals surface area contributed by atoms with Gasteiger partial charge in [-0.1, -0.05) is 6.92 Å². The maximum atomic E-state index is 10.6. The van der Waals surface area contributed by atoms with E-state index < -0.39 is 17.8 Å². The van der Waals surface area contributed by atoms with Crippen molar-refractivity contribution < 1.29 is 14.3 Å². The van der Waals surface area contributed by atoms with Crippen molar-refractivity contribution in [3.63, 3.8) is 0 Å². The fourth-order valence-electron chi connectivity index (χ4n) is 1.10. The zero-order valence-corrected chi connectivity index (χ0v) is 7.10. The molecule has 0 radical (unpaired) electrons. The predicted octanol–water partition coefficient (Wildman–Crippen LogP) is 1.61. The minimum atomic E-state index is -1.12. The zero-order chi connectivity index (χ0) is 9.84. The van der Waals surface area contributed by atoms with E-state index >= 15 is 0 Å². The van der Waals surface area contributed by atoms with Gasteiger partial charge in [-0.3, -0.25) is 4.79 Å². The fraction of sp³-hybridized carbons (Fsp3) is 0.333. The summed E-state index contributed by atoms with van der Waals surface area (Å²) in [6.07, 6.45) is 1.46. The van der Waals surface area contributed by atoms with Crippen LogP contribution in [0.3, 0.4) is 0 Å². The van der Waals surface area contributed by atoms with Crippen molar-refractivity contribution in [3.8, 4) is 6.07 Å². The fourth-order valence-corrected chi connectivity index (χ4v) is 1.10. The first-order valence-electron chi connectivity index (χ1n) is 3.82. The van der Waals surface area contributed by atoms with Crippen LogP contribution in [0.2, 0.25) is 0 Å². The number of nitriles is 1. The van der Waals surface area contributed by atoms with Gasteiger partial charge in [-0.05, 0) is 12.1 Å². The van der Waals surface area contributed by atoms with Gasteiger partial charge in [0, 0.05) is 5.92 Å². The Morgan fingerprint density at radius 2 is 2.46 bits per heavy atom. The molecule has 2 atom stereocenters. The molecule has 0 amide bonds. The number of aliphatic carboxylic acids is 1. The van der Waals surface area contributed by atoms with E-state index in [1.54, 1.807) is 25.1 Å². The van der Waals surface area contributed by atoms with Gasteiger partial charge in [0.25, 0.3) is 0 Å². The lowest BCUT2D eigenvalue weighted by Gasteiger charge is -2.09. The highest BCUT2D eigenvalue weighted by atomic mass is 16.4. The van der Waals surface area contributed by atoms with Gasteiger partial charge in [0.2, 0.25) is 0 Å². The Kier molecular flexibility index (Phi) is 2.70. The molecule has 0 aromatic carbocycles. The van der Waals surface area contributed by atoms with Crippen molar-refractivity contribution in [1.29, 1.82) is 5.26 Å². The molecule has 0 spiro atoms. The van der Waals surface area contributed by atoms with Gasteiger partial charge in [0.1, 0.15) is 5.76 Å². The first kappa shape index (κ1) is 9.33. The number of nitrogens with zero attached hydrogens (tertiary/aromatic N) is 1. The van der Waals surface area contributed by atoms with Crippen LogP contribution in [-0.2, 0) is 4.79 Å². The molecule has 4 heteroatoms. The zero-order valence-electron chi connectivity index (χ0n) is 7.10. The van der Waals surface area contributed by atoms with E-state index in [0.717, 1.165) is 0 Å². The molecule has 1 rings (SSSR count). The second-order valence-corrected chi connectivity index (χ2v) is 2.75. The van der Waals surface area contributed by atoms with E-state index in [9.17, 15) is 4.79 Å². The predicted molar refractivity (Wildman–Crippen MR) is 43.9 cm³/mol.